The SMILES string of the molecule is [3H]C(OCCC(F)(F)C(F)(F)C(F)(F)C(F)(F)F)C(=O)O. The molecule has 0 aliphatic rings. The monoisotopic (exact) mass is 324 g/mol. The number of ether oxygens (including phenoxy) is 1. The fourth-order valence-corrected chi connectivity index (χ4v) is 0.882. The lowest BCUT2D eigenvalue weighted by atomic mass is 10.0. The summed E-state index contributed by atoms with van der Waals surface area (Å²) in [5.41, 5.74) is 0. The fraction of sp³-hybridized carbons (Fsp3) is 0.875. The molecular formula is C8H7F9O3. The average molecular weight is 324 g/mol. The van der Waals surface area contributed by atoms with Crippen molar-refractivity contribution in [3.05, 3.63) is 0 Å². The van der Waals surface area contributed by atoms with Gasteiger partial charge in [-0.1, -0.05) is 0 Å². The summed E-state index contributed by atoms with van der Waals surface area (Å²) in [5, 5.41) is 8.09. The number of rotatable bonds is 7. The quantitative estimate of drug-likeness (QED) is 0.733. The predicted octanol–water partition coefficient (Wildman–Crippen LogP) is 2.95. The molecule has 0 bridgehead atoms. The molecule has 0 radical (unpaired) electrons. The number of aliphatic carboxylic acids is 1. The van der Waals surface area contributed by atoms with Gasteiger partial charge in [-0.15, -0.1) is 0 Å². The van der Waals surface area contributed by atoms with Gasteiger partial charge in [0.1, 0.15) is 6.58 Å². The van der Waals surface area contributed by atoms with Crippen molar-refractivity contribution < 1.29 is 55.5 Å². The van der Waals surface area contributed by atoms with Crippen LogP contribution >= 0.6 is 0 Å². The Bertz CT molecular complexity index is 382. The Morgan fingerprint density at radius 2 is 1.45 bits per heavy atom. The van der Waals surface area contributed by atoms with Gasteiger partial charge in [-0.25, -0.2) is 4.79 Å². The second-order valence-electron chi connectivity index (χ2n) is 3.43. The number of hydrogen-bond donors (Lipinski definition) is 1. The van der Waals surface area contributed by atoms with Crippen molar-refractivity contribution >= 4 is 5.97 Å². The minimum absolute atomic E-state index is 1.64. The van der Waals surface area contributed by atoms with Gasteiger partial charge >= 0.3 is 29.9 Å². The summed E-state index contributed by atoms with van der Waals surface area (Å²) >= 11 is 0. The number of carbonyl (C=O) groups is 1. The number of halogens is 9. The zero-order valence-electron chi connectivity index (χ0n) is 10.2. The van der Waals surface area contributed by atoms with Gasteiger partial charge in [-0.05, 0) is 0 Å². The molecule has 0 saturated heterocycles. The molecule has 12 heteroatoms. The summed E-state index contributed by atoms with van der Waals surface area (Å²) in [4.78, 5) is 10.0. The van der Waals surface area contributed by atoms with Gasteiger partial charge in [-0.3, -0.25) is 0 Å². The first-order chi connectivity index (χ1) is 9.08. The number of carboxylic acid groups (broad SMARTS) is 1. The van der Waals surface area contributed by atoms with Crippen molar-refractivity contribution in [2.45, 2.75) is 30.4 Å². The highest BCUT2D eigenvalue weighted by atomic mass is 19.4. The van der Waals surface area contributed by atoms with Gasteiger partial charge in [0.15, 0.2) is 0 Å². The van der Waals surface area contributed by atoms with E-state index in [-0.39, 0.29) is 0 Å². The summed E-state index contributed by atoms with van der Waals surface area (Å²) in [7, 11) is 0. The second kappa shape index (κ2) is 5.66. The summed E-state index contributed by atoms with van der Waals surface area (Å²) in [6.07, 6.45) is -9.26. The van der Waals surface area contributed by atoms with Crippen molar-refractivity contribution in [2.24, 2.45) is 0 Å². The average Bonchev–Trinajstić information content (AvgIpc) is 2.26. The van der Waals surface area contributed by atoms with E-state index >= 15 is 0 Å². The van der Waals surface area contributed by atoms with Crippen molar-refractivity contribution in [1.29, 1.82) is 0 Å². The molecule has 0 heterocycles. The van der Waals surface area contributed by atoms with Crippen LogP contribution in [0.3, 0.4) is 0 Å². The number of carboxylic acids is 1. The van der Waals surface area contributed by atoms with Crippen LogP contribution in [0.1, 0.15) is 7.79 Å². The van der Waals surface area contributed by atoms with Gasteiger partial charge in [0.25, 0.3) is 0 Å². The topological polar surface area (TPSA) is 46.5 Å². The third kappa shape index (κ3) is 3.67. The predicted molar refractivity (Wildman–Crippen MR) is 44.0 cm³/mol. The van der Waals surface area contributed by atoms with E-state index < -0.39 is 49.5 Å². The number of alkyl halides is 9. The molecule has 0 amide bonds. The molecule has 3 nitrogen and oxygen atoms in total. The Kier molecular flexibility index (Phi) is 4.77. The van der Waals surface area contributed by atoms with Crippen LogP contribution in [0.5, 0.6) is 0 Å². The van der Waals surface area contributed by atoms with Crippen molar-refractivity contribution in [1.82, 2.24) is 0 Å². The van der Waals surface area contributed by atoms with E-state index in [0.29, 0.717) is 0 Å². The van der Waals surface area contributed by atoms with Crippen LogP contribution < -0.4 is 0 Å². The highest BCUT2D eigenvalue weighted by Gasteiger charge is 2.81. The Morgan fingerprint density at radius 1 is 1.00 bits per heavy atom. The molecule has 0 aliphatic carbocycles. The molecular weight excluding hydrogens is 315 g/mol. The van der Waals surface area contributed by atoms with Gasteiger partial charge in [0.05, 0.1) is 7.98 Å². The molecule has 0 saturated carbocycles. The Morgan fingerprint density at radius 3 is 1.80 bits per heavy atom. The maximum Gasteiger partial charge on any atom is 0.460 e. The van der Waals surface area contributed by atoms with E-state index in [9.17, 15) is 44.3 Å². The van der Waals surface area contributed by atoms with Gasteiger partial charge in [0, 0.05) is 6.42 Å². The maximum atomic E-state index is 12.9. The lowest BCUT2D eigenvalue weighted by Crippen LogP contribution is -2.61. The van der Waals surface area contributed by atoms with E-state index in [0.717, 1.165) is 0 Å². The largest absolute Gasteiger partial charge is 0.480 e. The lowest BCUT2D eigenvalue weighted by Gasteiger charge is -2.33. The molecule has 0 aromatic heterocycles. The lowest BCUT2D eigenvalue weighted by molar-refractivity contribution is -0.397. The molecule has 0 spiro atoms. The number of hydrogen-bond acceptors (Lipinski definition) is 2. The molecule has 0 fully saturated rings. The molecule has 20 heavy (non-hydrogen) atoms. The smallest absolute Gasteiger partial charge is 0.460 e. The zero-order valence-corrected chi connectivity index (χ0v) is 9.16. The summed E-state index contributed by atoms with van der Waals surface area (Å²) in [6, 6.07) is 0. The molecule has 0 aromatic rings. The molecule has 0 aliphatic heterocycles. The molecule has 1 unspecified atom stereocenters. The molecule has 0 rings (SSSR count). The first-order valence-electron chi connectivity index (χ1n) is 5.12. The summed E-state index contributed by atoms with van der Waals surface area (Å²) in [6.45, 7) is -4.12. The van der Waals surface area contributed by atoms with Crippen LogP contribution in [-0.4, -0.2) is 48.2 Å². The van der Waals surface area contributed by atoms with Crippen molar-refractivity contribution in [3.8, 4) is 0 Å². The van der Waals surface area contributed by atoms with E-state index in [1.807, 2.05) is 0 Å². The van der Waals surface area contributed by atoms with Crippen LogP contribution in [0.2, 0.25) is 0 Å². The molecule has 1 N–H and O–H groups in total. The van der Waals surface area contributed by atoms with Crippen LogP contribution in [0.25, 0.3) is 0 Å². The van der Waals surface area contributed by atoms with E-state index in [1.54, 1.807) is 0 Å². The van der Waals surface area contributed by atoms with Crippen molar-refractivity contribution in [2.75, 3.05) is 13.2 Å². The third-order valence-electron chi connectivity index (χ3n) is 1.93. The van der Waals surface area contributed by atoms with Crippen LogP contribution in [0.15, 0.2) is 0 Å². The highest BCUT2D eigenvalue weighted by Crippen LogP contribution is 2.53. The minimum atomic E-state index is -7.00. The van der Waals surface area contributed by atoms with Crippen LogP contribution in [0, 0.1) is 0 Å². The second-order valence-corrected chi connectivity index (χ2v) is 3.43. The standard InChI is InChI=1S/C8H7F9O3/c9-5(10,1-2-20-3-4(18)19)6(11,12)7(13,14)8(15,16)17/h1-3H2,(H,18,19)/i3T. The molecule has 1 atom stereocenters. The van der Waals surface area contributed by atoms with Gasteiger partial charge in [0.2, 0.25) is 0 Å². The Hall–Kier alpha value is -1.20. The van der Waals surface area contributed by atoms with Crippen LogP contribution in [-0.2, 0) is 9.53 Å². The van der Waals surface area contributed by atoms with E-state index in [2.05, 4.69) is 4.74 Å². The summed E-state index contributed by atoms with van der Waals surface area (Å²) in [5.74, 6) is -21.6. The minimum Gasteiger partial charge on any atom is -0.480 e. The highest BCUT2D eigenvalue weighted by molar-refractivity contribution is 5.67. The van der Waals surface area contributed by atoms with Crippen molar-refractivity contribution in [3.63, 3.8) is 0 Å². The van der Waals surface area contributed by atoms with E-state index in [4.69, 9.17) is 6.48 Å². The van der Waals surface area contributed by atoms with Crippen LogP contribution in [0.4, 0.5) is 39.5 Å². The maximum absolute atomic E-state index is 12.9. The van der Waals surface area contributed by atoms with E-state index in [1.165, 1.54) is 0 Å². The summed E-state index contributed by atoms with van der Waals surface area (Å²) < 4.78 is 121. The molecule has 0 aromatic carbocycles. The third-order valence-corrected chi connectivity index (χ3v) is 1.93. The van der Waals surface area contributed by atoms with Gasteiger partial charge in [-0.2, -0.15) is 39.5 Å². The zero-order chi connectivity index (χ0) is 17.3. The fourth-order valence-electron chi connectivity index (χ4n) is 0.882. The Balaban J connectivity index is 5.01. The van der Waals surface area contributed by atoms with Gasteiger partial charge < -0.3 is 9.84 Å². The molecule has 120 valence electrons. The Labute approximate surface area is 106 Å². The first-order valence-corrected chi connectivity index (χ1v) is 4.55. The first kappa shape index (κ1) is 16.9. The normalized spacial score (nSPS) is 16.8.